The fourth-order valence-electron chi connectivity index (χ4n) is 1.69. The van der Waals surface area contributed by atoms with Crippen LogP contribution in [0.5, 0.6) is 0 Å². The minimum atomic E-state index is -1.19. The van der Waals surface area contributed by atoms with Crippen molar-refractivity contribution in [3.8, 4) is 0 Å². The molecule has 0 radical (unpaired) electrons. The molecule has 0 spiro atoms. The number of carbonyl (C=O) groups excluding carboxylic acids is 1. The molecular formula is C11H12ClN3O5. The zero-order valence-electron chi connectivity index (χ0n) is 10.7. The molecule has 0 aliphatic carbocycles. The molecule has 0 aliphatic heterocycles. The number of nitro groups is 1. The monoisotopic (exact) mass is 301 g/mol. The first-order chi connectivity index (χ1) is 9.29. The van der Waals surface area contributed by atoms with Crippen LogP contribution in [0.15, 0.2) is 12.3 Å². The Labute approximate surface area is 119 Å². The smallest absolute Gasteiger partial charge is 0.326 e. The van der Waals surface area contributed by atoms with Crippen LogP contribution in [0.2, 0.25) is 5.15 Å². The SMILES string of the molecule is CCC(C(=O)O)N(C)C(=O)c1cc(Cl)ncc1[N+](=O)[O-]. The zero-order valence-corrected chi connectivity index (χ0v) is 11.5. The average molecular weight is 302 g/mol. The first-order valence-electron chi connectivity index (χ1n) is 5.59. The number of rotatable bonds is 5. The van der Waals surface area contributed by atoms with E-state index in [1.807, 2.05) is 0 Å². The maximum Gasteiger partial charge on any atom is 0.326 e. The summed E-state index contributed by atoms with van der Waals surface area (Å²) in [6.07, 6.45) is 1.04. The standard InChI is InChI=1S/C11H12ClN3O5/c1-3-7(11(17)18)14(2)10(16)6-4-9(12)13-5-8(6)15(19)20/h4-5,7H,3H2,1-2H3,(H,17,18). The van der Waals surface area contributed by atoms with E-state index < -0.39 is 28.5 Å². The number of likely N-dealkylation sites (N-methyl/N-ethyl adjacent to an activating group) is 1. The van der Waals surface area contributed by atoms with Crippen molar-refractivity contribution in [1.82, 2.24) is 9.88 Å². The zero-order chi connectivity index (χ0) is 15.4. The summed E-state index contributed by atoms with van der Waals surface area (Å²) in [6.45, 7) is 1.59. The van der Waals surface area contributed by atoms with Gasteiger partial charge in [0.1, 0.15) is 23.0 Å². The van der Waals surface area contributed by atoms with Crippen LogP contribution in [0, 0.1) is 10.1 Å². The van der Waals surface area contributed by atoms with Gasteiger partial charge in [0, 0.05) is 7.05 Å². The molecular weight excluding hydrogens is 290 g/mol. The molecule has 20 heavy (non-hydrogen) atoms. The lowest BCUT2D eigenvalue weighted by Gasteiger charge is -2.23. The normalized spacial score (nSPS) is 11.8. The largest absolute Gasteiger partial charge is 0.480 e. The van der Waals surface area contributed by atoms with Gasteiger partial charge in [0.05, 0.1) is 4.92 Å². The number of hydrogen-bond acceptors (Lipinski definition) is 5. The van der Waals surface area contributed by atoms with Crippen LogP contribution >= 0.6 is 11.6 Å². The van der Waals surface area contributed by atoms with Gasteiger partial charge < -0.3 is 10.0 Å². The Bertz CT molecular complexity index is 563. The summed E-state index contributed by atoms with van der Waals surface area (Å²) in [6, 6.07) is -0.0263. The van der Waals surface area contributed by atoms with Crippen LogP contribution in [0.25, 0.3) is 0 Å². The van der Waals surface area contributed by atoms with Gasteiger partial charge in [0.2, 0.25) is 0 Å². The number of carboxylic acids is 1. The molecule has 1 atom stereocenters. The third-order valence-corrected chi connectivity index (χ3v) is 2.94. The van der Waals surface area contributed by atoms with Gasteiger partial charge in [0.15, 0.2) is 0 Å². The Morgan fingerprint density at radius 2 is 2.20 bits per heavy atom. The lowest BCUT2D eigenvalue weighted by Crippen LogP contribution is -2.42. The molecule has 9 heteroatoms. The summed E-state index contributed by atoms with van der Waals surface area (Å²) in [5.41, 5.74) is -0.816. The number of amides is 1. The highest BCUT2D eigenvalue weighted by atomic mass is 35.5. The van der Waals surface area contributed by atoms with Crippen molar-refractivity contribution >= 4 is 29.2 Å². The predicted molar refractivity (Wildman–Crippen MR) is 69.7 cm³/mol. The Hall–Kier alpha value is -2.22. The highest BCUT2D eigenvalue weighted by Crippen LogP contribution is 2.22. The van der Waals surface area contributed by atoms with Gasteiger partial charge >= 0.3 is 5.97 Å². The number of aliphatic carboxylic acids is 1. The molecule has 108 valence electrons. The van der Waals surface area contributed by atoms with Crippen LogP contribution in [-0.4, -0.2) is 44.9 Å². The van der Waals surface area contributed by atoms with Crippen LogP contribution in [0.3, 0.4) is 0 Å². The minimum absolute atomic E-state index is 0.0873. The Morgan fingerprint density at radius 1 is 1.60 bits per heavy atom. The topological polar surface area (TPSA) is 114 Å². The van der Waals surface area contributed by atoms with E-state index >= 15 is 0 Å². The molecule has 1 unspecified atom stereocenters. The number of carboxylic acid groups (broad SMARTS) is 1. The number of pyridine rings is 1. The van der Waals surface area contributed by atoms with E-state index in [2.05, 4.69) is 4.98 Å². The van der Waals surface area contributed by atoms with Gasteiger partial charge in [-0.3, -0.25) is 14.9 Å². The van der Waals surface area contributed by atoms with E-state index in [4.69, 9.17) is 16.7 Å². The van der Waals surface area contributed by atoms with E-state index in [-0.39, 0.29) is 17.1 Å². The Kier molecular flexibility index (Phi) is 4.98. The molecule has 1 N–H and O–H groups in total. The first kappa shape index (κ1) is 15.8. The predicted octanol–water partition coefficient (Wildman–Crippen LogP) is 1.58. The number of hydrogen-bond donors (Lipinski definition) is 1. The van der Waals surface area contributed by atoms with Crippen LogP contribution in [-0.2, 0) is 4.79 Å². The second kappa shape index (κ2) is 6.29. The van der Waals surface area contributed by atoms with Crippen LogP contribution < -0.4 is 0 Å². The molecule has 1 amide bonds. The molecule has 0 bridgehead atoms. The van der Waals surface area contributed by atoms with E-state index in [9.17, 15) is 19.7 Å². The minimum Gasteiger partial charge on any atom is -0.480 e. The quantitative estimate of drug-likeness (QED) is 0.501. The second-order valence-electron chi connectivity index (χ2n) is 3.96. The molecule has 1 aromatic rings. The second-order valence-corrected chi connectivity index (χ2v) is 4.35. The van der Waals surface area contributed by atoms with Crippen molar-refractivity contribution in [1.29, 1.82) is 0 Å². The van der Waals surface area contributed by atoms with Crippen molar-refractivity contribution in [2.24, 2.45) is 0 Å². The van der Waals surface area contributed by atoms with Gasteiger partial charge in [0.25, 0.3) is 11.6 Å². The van der Waals surface area contributed by atoms with Crippen molar-refractivity contribution < 1.29 is 19.6 Å². The van der Waals surface area contributed by atoms with Gasteiger partial charge in [-0.1, -0.05) is 18.5 Å². The van der Waals surface area contributed by atoms with Gasteiger partial charge in [-0.2, -0.15) is 0 Å². The molecule has 0 aliphatic rings. The number of nitrogens with zero attached hydrogens (tertiary/aromatic N) is 3. The maximum absolute atomic E-state index is 12.2. The fourth-order valence-corrected chi connectivity index (χ4v) is 1.84. The van der Waals surface area contributed by atoms with Crippen LogP contribution in [0.4, 0.5) is 5.69 Å². The molecule has 1 aromatic heterocycles. The van der Waals surface area contributed by atoms with Gasteiger partial charge in [-0.25, -0.2) is 9.78 Å². The van der Waals surface area contributed by atoms with Gasteiger partial charge in [-0.05, 0) is 12.5 Å². The summed E-state index contributed by atoms with van der Waals surface area (Å²) < 4.78 is 0. The average Bonchev–Trinajstić information content (AvgIpc) is 2.37. The van der Waals surface area contributed by atoms with Gasteiger partial charge in [-0.15, -0.1) is 0 Å². The number of aromatic nitrogens is 1. The summed E-state index contributed by atoms with van der Waals surface area (Å²) in [4.78, 5) is 37.8. The van der Waals surface area contributed by atoms with Crippen molar-refractivity contribution in [3.63, 3.8) is 0 Å². The molecule has 0 saturated carbocycles. The third kappa shape index (κ3) is 3.21. The fraction of sp³-hybridized carbons (Fsp3) is 0.364. The summed E-state index contributed by atoms with van der Waals surface area (Å²) >= 11 is 5.63. The van der Waals surface area contributed by atoms with Crippen molar-refractivity contribution in [3.05, 3.63) is 33.1 Å². The highest BCUT2D eigenvalue weighted by molar-refractivity contribution is 6.29. The third-order valence-electron chi connectivity index (χ3n) is 2.74. The molecule has 0 saturated heterocycles. The number of carbonyl (C=O) groups is 2. The Balaban J connectivity index is 3.23. The van der Waals surface area contributed by atoms with E-state index in [0.29, 0.717) is 0 Å². The van der Waals surface area contributed by atoms with Crippen LogP contribution in [0.1, 0.15) is 23.7 Å². The molecule has 0 fully saturated rings. The highest BCUT2D eigenvalue weighted by Gasteiger charge is 2.30. The summed E-state index contributed by atoms with van der Waals surface area (Å²) in [5, 5.41) is 19.8. The molecule has 1 heterocycles. The Morgan fingerprint density at radius 3 is 2.65 bits per heavy atom. The number of halogens is 1. The van der Waals surface area contributed by atoms with E-state index in [0.717, 1.165) is 17.2 Å². The van der Waals surface area contributed by atoms with E-state index in [1.54, 1.807) is 6.92 Å². The maximum atomic E-state index is 12.2. The summed E-state index contributed by atoms with van der Waals surface area (Å²) in [5.74, 6) is -1.98. The molecule has 0 aromatic carbocycles. The van der Waals surface area contributed by atoms with Crippen molar-refractivity contribution in [2.75, 3.05) is 7.05 Å². The molecule has 8 nitrogen and oxygen atoms in total. The van der Waals surface area contributed by atoms with E-state index in [1.165, 1.54) is 7.05 Å². The lowest BCUT2D eigenvalue weighted by atomic mass is 10.1. The molecule has 1 rings (SSSR count). The first-order valence-corrected chi connectivity index (χ1v) is 5.97. The van der Waals surface area contributed by atoms with Crippen molar-refractivity contribution in [2.45, 2.75) is 19.4 Å². The summed E-state index contributed by atoms with van der Waals surface area (Å²) in [7, 11) is 1.27. The lowest BCUT2D eigenvalue weighted by molar-refractivity contribution is -0.385.